The molecular formula is C19H20N4O2S. The summed E-state index contributed by atoms with van der Waals surface area (Å²) in [4.78, 5) is 26.3. The van der Waals surface area contributed by atoms with E-state index < -0.39 is 0 Å². The molecule has 2 aromatic heterocycles. The average molecular weight is 368 g/mol. The van der Waals surface area contributed by atoms with Crippen LogP contribution in [-0.2, 0) is 6.54 Å². The Morgan fingerprint density at radius 1 is 1.35 bits per heavy atom. The highest BCUT2D eigenvalue weighted by Gasteiger charge is 2.18. The summed E-state index contributed by atoms with van der Waals surface area (Å²) >= 11 is 1.89. The molecule has 1 atom stereocenters. The van der Waals surface area contributed by atoms with Gasteiger partial charge in [-0.15, -0.1) is 0 Å². The minimum atomic E-state index is -0.0964. The molecule has 0 spiro atoms. The minimum Gasteiger partial charge on any atom is -0.473 e. The molecule has 0 saturated carbocycles. The molecular weight excluding hydrogens is 348 g/mol. The number of rotatable bonds is 5. The first-order valence-electron chi connectivity index (χ1n) is 8.58. The Morgan fingerprint density at radius 3 is 2.96 bits per heavy atom. The maximum Gasteiger partial charge on any atom is 0.255 e. The van der Waals surface area contributed by atoms with Crippen LogP contribution in [0.4, 0.5) is 0 Å². The summed E-state index contributed by atoms with van der Waals surface area (Å²) < 4.78 is 5.83. The van der Waals surface area contributed by atoms with E-state index in [1.165, 1.54) is 0 Å². The zero-order valence-electron chi connectivity index (χ0n) is 14.5. The monoisotopic (exact) mass is 368 g/mol. The summed E-state index contributed by atoms with van der Waals surface area (Å²) in [7, 11) is 1.76. The number of ether oxygens (including phenoxy) is 1. The predicted octanol–water partition coefficient (Wildman–Crippen LogP) is 3.11. The van der Waals surface area contributed by atoms with E-state index in [9.17, 15) is 4.79 Å². The number of nitrogens with zero attached hydrogens (tertiary/aromatic N) is 3. The van der Waals surface area contributed by atoms with Gasteiger partial charge >= 0.3 is 0 Å². The van der Waals surface area contributed by atoms with Gasteiger partial charge in [-0.25, -0.2) is 9.97 Å². The number of hydrogen-bond acceptors (Lipinski definition) is 5. The number of imidazole rings is 1. The number of aromatic amines is 1. The Kier molecular flexibility index (Phi) is 4.79. The Morgan fingerprint density at radius 2 is 2.23 bits per heavy atom. The third-order valence-electron chi connectivity index (χ3n) is 4.33. The topological polar surface area (TPSA) is 71.1 Å². The molecule has 1 N–H and O–H groups in total. The molecule has 6 nitrogen and oxygen atoms in total. The lowest BCUT2D eigenvalue weighted by molar-refractivity contribution is 0.0781. The maximum atomic E-state index is 12.6. The number of carbonyl (C=O) groups is 1. The van der Waals surface area contributed by atoms with Gasteiger partial charge in [0, 0.05) is 25.1 Å². The summed E-state index contributed by atoms with van der Waals surface area (Å²) in [5.41, 5.74) is 2.41. The molecule has 0 radical (unpaired) electrons. The smallest absolute Gasteiger partial charge is 0.255 e. The van der Waals surface area contributed by atoms with Crippen LogP contribution in [0.25, 0.3) is 11.0 Å². The van der Waals surface area contributed by atoms with Crippen LogP contribution in [0.15, 0.2) is 42.6 Å². The van der Waals surface area contributed by atoms with E-state index in [1.807, 2.05) is 36.0 Å². The third kappa shape index (κ3) is 3.67. The molecule has 1 aromatic carbocycles. The molecule has 26 heavy (non-hydrogen) atoms. The lowest BCUT2D eigenvalue weighted by Gasteiger charge is -2.16. The van der Waals surface area contributed by atoms with Crippen LogP contribution in [0.3, 0.4) is 0 Å². The number of pyridine rings is 1. The lowest BCUT2D eigenvalue weighted by Crippen LogP contribution is -2.26. The molecule has 0 aliphatic carbocycles. The van der Waals surface area contributed by atoms with E-state index in [0.717, 1.165) is 34.8 Å². The fraction of sp³-hybridized carbons (Fsp3) is 0.316. The van der Waals surface area contributed by atoms with Crippen molar-refractivity contribution < 1.29 is 9.53 Å². The number of H-pyrrole nitrogens is 1. The predicted molar refractivity (Wildman–Crippen MR) is 102 cm³/mol. The molecule has 134 valence electrons. The van der Waals surface area contributed by atoms with Gasteiger partial charge in [0.2, 0.25) is 5.88 Å². The summed E-state index contributed by atoms with van der Waals surface area (Å²) in [6.45, 7) is 0.408. The fourth-order valence-corrected chi connectivity index (χ4v) is 4.04. The van der Waals surface area contributed by atoms with E-state index in [4.69, 9.17) is 4.74 Å². The van der Waals surface area contributed by atoms with Gasteiger partial charge in [-0.05, 0) is 30.4 Å². The highest BCUT2D eigenvalue weighted by Crippen LogP contribution is 2.22. The van der Waals surface area contributed by atoms with Gasteiger partial charge in [0.25, 0.3) is 5.91 Å². The molecule has 1 aliphatic rings. The number of para-hydroxylation sites is 2. The molecule has 0 unspecified atom stereocenters. The molecule has 1 aliphatic heterocycles. The van der Waals surface area contributed by atoms with E-state index in [2.05, 4.69) is 15.0 Å². The zero-order valence-corrected chi connectivity index (χ0v) is 15.3. The molecule has 1 amide bonds. The van der Waals surface area contributed by atoms with Gasteiger partial charge in [0.1, 0.15) is 11.9 Å². The number of thioether (sulfide) groups is 1. The van der Waals surface area contributed by atoms with Crippen LogP contribution in [0.1, 0.15) is 22.6 Å². The van der Waals surface area contributed by atoms with Crippen LogP contribution in [0, 0.1) is 0 Å². The third-order valence-corrected chi connectivity index (χ3v) is 5.46. The summed E-state index contributed by atoms with van der Waals surface area (Å²) in [5, 5.41) is 0. The normalized spacial score (nSPS) is 16.7. The van der Waals surface area contributed by atoms with Crippen LogP contribution in [0.2, 0.25) is 0 Å². The van der Waals surface area contributed by atoms with Crippen molar-refractivity contribution in [3.05, 3.63) is 54.0 Å². The summed E-state index contributed by atoms with van der Waals surface area (Å²) in [5.74, 6) is 3.37. The van der Waals surface area contributed by atoms with Crippen molar-refractivity contribution in [2.24, 2.45) is 0 Å². The lowest BCUT2D eigenvalue weighted by atomic mass is 10.2. The molecule has 1 saturated heterocycles. The largest absolute Gasteiger partial charge is 0.473 e. The van der Waals surface area contributed by atoms with Crippen LogP contribution in [-0.4, -0.2) is 50.4 Å². The van der Waals surface area contributed by atoms with Gasteiger partial charge < -0.3 is 14.6 Å². The number of hydrogen-bond donors (Lipinski definition) is 1. The highest BCUT2D eigenvalue weighted by molar-refractivity contribution is 7.99. The molecule has 0 bridgehead atoms. The number of nitrogens with one attached hydrogen (secondary N) is 1. The van der Waals surface area contributed by atoms with Crippen LogP contribution in [0.5, 0.6) is 5.88 Å². The van der Waals surface area contributed by atoms with Gasteiger partial charge in [-0.1, -0.05) is 12.1 Å². The minimum absolute atomic E-state index is 0.0964. The second-order valence-electron chi connectivity index (χ2n) is 6.35. The molecule has 3 heterocycles. The Bertz CT molecular complexity index is 870. The van der Waals surface area contributed by atoms with Crippen molar-refractivity contribution in [1.82, 2.24) is 19.9 Å². The van der Waals surface area contributed by atoms with Crippen LogP contribution >= 0.6 is 11.8 Å². The molecule has 3 aromatic rings. The first-order chi connectivity index (χ1) is 12.7. The van der Waals surface area contributed by atoms with E-state index >= 15 is 0 Å². The van der Waals surface area contributed by atoms with Crippen molar-refractivity contribution in [3.63, 3.8) is 0 Å². The summed E-state index contributed by atoms with van der Waals surface area (Å²) in [6.07, 6.45) is 2.85. The molecule has 7 heteroatoms. The van der Waals surface area contributed by atoms with Crippen molar-refractivity contribution in [1.29, 1.82) is 0 Å². The van der Waals surface area contributed by atoms with Crippen molar-refractivity contribution in [2.75, 3.05) is 18.6 Å². The van der Waals surface area contributed by atoms with Gasteiger partial charge in [-0.3, -0.25) is 4.79 Å². The van der Waals surface area contributed by atoms with Crippen molar-refractivity contribution >= 4 is 28.7 Å². The second kappa shape index (κ2) is 7.37. The van der Waals surface area contributed by atoms with E-state index in [0.29, 0.717) is 18.0 Å². The number of carbonyl (C=O) groups excluding carboxylic acids is 1. The second-order valence-corrected chi connectivity index (χ2v) is 7.50. The molecule has 4 rings (SSSR count). The van der Waals surface area contributed by atoms with Gasteiger partial charge in [0.15, 0.2) is 0 Å². The number of aromatic nitrogens is 3. The number of benzene rings is 1. The SMILES string of the molecule is CN(Cc1nc2ccccc2[nH]1)C(=O)c1ccc(O[C@H]2CCSC2)nc1. The van der Waals surface area contributed by atoms with Crippen molar-refractivity contribution in [3.8, 4) is 5.88 Å². The van der Waals surface area contributed by atoms with Crippen molar-refractivity contribution in [2.45, 2.75) is 19.1 Å². The average Bonchev–Trinajstić information content (AvgIpc) is 3.30. The first kappa shape index (κ1) is 16.9. The molecule has 1 fully saturated rings. The van der Waals surface area contributed by atoms with E-state index in [1.54, 1.807) is 30.3 Å². The van der Waals surface area contributed by atoms with Gasteiger partial charge in [-0.2, -0.15) is 11.8 Å². The Labute approximate surface area is 156 Å². The standard InChI is InChI=1S/C19H20N4O2S/c1-23(11-17-21-15-4-2-3-5-16(15)22-17)19(24)13-6-7-18(20-10-13)25-14-8-9-26-12-14/h2-7,10,14H,8-9,11-12H2,1H3,(H,21,22)/t14-/m0/s1. The summed E-state index contributed by atoms with van der Waals surface area (Å²) in [6, 6.07) is 11.4. The Hall–Kier alpha value is -2.54. The fourth-order valence-electron chi connectivity index (χ4n) is 2.95. The van der Waals surface area contributed by atoms with E-state index in [-0.39, 0.29) is 12.0 Å². The van der Waals surface area contributed by atoms with Gasteiger partial charge in [0.05, 0.1) is 23.1 Å². The Balaban J connectivity index is 1.40. The first-order valence-corrected chi connectivity index (χ1v) is 9.74. The number of fused-ring (bicyclic) bond motifs is 1. The number of amides is 1. The highest BCUT2D eigenvalue weighted by atomic mass is 32.2. The zero-order chi connectivity index (χ0) is 17.9. The van der Waals surface area contributed by atoms with Crippen LogP contribution < -0.4 is 4.74 Å². The quantitative estimate of drug-likeness (QED) is 0.749. The maximum absolute atomic E-state index is 12.6.